The molecule has 0 aliphatic rings. The predicted molar refractivity (Wildman–Crippen MR) is 71.1 cm³/mol. The molecule has 0 N–H and O–H groups in total. The van der Waals surface area contributed by atoms with Crippen LogP contribution < -0.4 is 4.74 Å². The van der Waals surface area contributed by atoms with E-state index in [0.717, 1.165) is 0 Å². The summed E-state index contributed by atoms with van der Waals surface area (Å²) in [5, 5.41) is 0. The number of ether oxygens (including phenoxy) is 1. The number of methoxy groups -OCH3 is 1. The Hall–Kier alpha value is -1.41. The van der Waals surface area contributed by atoms with Crippen molar-refractivity contribution >= 4 is 32.6 Å². The quantitative estimate of drug-likeness (QED) is 0.753. The van der Waals surface area contributed by atoms with Gasteiger partial charge >= 0.3 is 0 Å². The van der Waals surface area contributed by atoms with Crippen molar-refractivity contribution in [1.82, 2.24) is 19.5 Å². The molecule has 0 bridgehead atoms. The van der Waals surface area contributed by atoms with Crippen LogP contribution in [0.2, 0.25) is 0 Å². The fourth-order valence-corrected chi connectivity index (χ4v) is 2.42. The van der Waals surface area contributed by atoms with Gasteiger partial charge in [0.25, 0.3) is 0 Å². The first-order valence-electron chi connectivity index (χ1n) is 5.44. The highest BCUT2D eigenvalue weighted by Gasteiger charge is 2.16. The third kappa shape index (κ3) is 2.95. The molecule has 2 aromatic rings. The van der Waals surface area contributed by atoms with E-state index >= 15 is 0 Å². The Kier molecular flexibility index (Phi) is 3.91. The lowest BCUT2D eigenvalue weighted by atomic mass is 10.5. The highest BCUT2D eigenvalue weighted by atomic mass is 35.5. The Morgan fingerprint density at radius 2 is 2.16 bits per heavy atom. The maximum atomic E-state index is 11.3. The van der Waals surface area contributed by atoms with Crippen LogP contribution in [0.3, 0.4) is 0 Å². The molecule has 0 unspecified atom stereocenters. The van der Waals surface area contributed by atoms with Gasteiger partial charge in [0.2, 0.25) is 5.88 Å². The van der Waals surface area contributed by atoms with E-state index in [1.54, 1.807) is 4.57 Å². The number of rotatable bonds is 5. The molecule has 2 heterocycles. The summed E-state index contributed by atoms with van der Waals surface area (Å²) >= 11 is 5.83. The smallest absolute Gasteiger partial charge is 0.245 e. The molecule has 0 atom stereocenters. The molecule has 7 nitrogen and oxygen atoms in total. The summed E-state index contributed by atoms with van der Waals surface area (Å²) in [6.45, 7) is 0.248. The van der Waals surface area contributed by atoms with Crippen molar-refractivity contribution in [3.8, 4) is 5.88 Å². The first-order chi connectivity index (χ1) is 8.96. The van der Waals surface area contributed by atoms with Crippen molar-refractivity contribution in [3.05, 3.63) is 12.2 Å². The number of sulfone groups is 1. The molecular weight excluding hydrogens is 292 g/mol. The molecule has 0 fully saturated rings. The second-order valence-corrected chi connectivity index (χ2v) is 6.53. The number of alkyl halides is 1. The minimum atomic E-state index is -3.08. The van der Waals surface area contributed by atoms with Gasteiger partial charge in [-0.2, -0.15) is 4.98 Å². The number of fused-ring (bicyclic) bond motifs is 1. The van der Waals surface area contributed by atoms with Gasteiger partial charge in [0.15, 0.2) is 11.2 Å². The Labute approximate surface area is 115 Å². The van der Waals surface area contributed by atoms with Crippen LogP contribution in [-0.4, -0.2) is 47.1 Å². The van der Waals surface area contributed by atoms with Crippen LogP contribution in [0.25, 0.3) is 11.2 Å². The summed E-state index contributed by atoms with van der Waals surface area (Å²) in [5.74, 6) is 1.03. The lowest BCUT2D eigenvalue weighted by Gasteiger charge is -2.05. The summed E-state index contributed by atoms with van der Waals surface area (Å²) in [7, 11) is -1.59. The lowest BCUT2D eigenvalue weighted by molar-refractivity contribution is 0.401. The highest BCUT2D eigenvalue weighted by molar-refractivity contribution is 7.90. The Morgan fingerprint density at radius 1 is 1.42 bits per heavy atom. The van der Waals surface area contributed by atoms with Gasteiger partial charge in [-0.05, 0) is 0 Å². The second kappa shape index (κ2) is 5.30. The van der Waals surface area contributed by atoms with E-state index in [9.17, 15) is 8.42 Å². The van der Waals surface area contributed by atoms with Crippen molar-refractivity contribution in [2.24, 2.45) is 0 Å². The molecule has 0 spiro atoms. The number of hydrogen-bond donors (Lipinski definition) is 0. The average Bonchev–Trinajstić information content (AvgIpc) is 2.73. The van der Waals surface area contributed by atoms with Crippen LogP contribution >= 0.6 is 11.6 Å². The molecule has 0 radical (unpaired) electrons. The van der Waals surface area contributed by atoms with Crippen molar-refractivity contribution in [1.29, 1.82) is 0 Å². The zero-order chi connectivity index (χ0) is 14.0. The number of aryl methyl sites for hydroxylation is 1. The SMILES string of the molecule is COc1ncnc2c1nc(CCl)n2CCS(C)(=O)=O. The van der Waals surface area contributed by atoms with Gasteiger partial charge in [-0.25, -0.2) is 18.4 Å². The fourth-order valence-electron chi connectivity index (χ4n) is 1.70. The summed E-state index contributed by atoms with van der Waals surface area (Å²) in [4.78, 5) is 12.4. The van der Waals surface area contributed by atoms with Crippen LogP contribution in [0.4, 0.5) is 0 Å². The monoisotopic (exact) mass is 304 g/mol. The predicted octanol–water partition coefficient (Wildman–Crippen LogP) is 0.618. The fraction of sp³-hybridized carbons (Fsp3) is 0.500. The van der Waals surface area contributed by atoms with E-state index in [-0.39, 0.29) is 18.2 Å². The largest absolute Gasteiger partial charge is 0.479 e. The minimum absolute atomic E-state index is 0.00529. The molecule has 0 aliphatic carbocycles. The van der Waals surface area contributed by atoms with E-state index in [4.69, 9.17) is 16.3 Å². The van der Waals surface area contributed by atoms with Gasteiger partial charge < -0.3 is 9.30 Å². The topological polar surface area (TPSA) is 87.0 Å². The number of aromatic nitrogens is 4. The van der Waals surface area contributed by atoms with Gasteiger partial charge in [-0.1, -0.05) is 0 Å². The first kappa shape index (κ1) is 14.0. The van der Waals surface area contributed by atoms with Crippen LogP contribution in [0.1, 0.15) is 5.82 Å². The molecule has 0 aliphatic heterocycles. The summed E-state index contributed by atoms with van der Waals surface area (Å²) < 4.78 is 29.3. The normalized spacial score (nSPS) is 11.9. The summed E-state index contributed by atoms with van der Waals surface area (Å²) in [5.41, 5.74) is 1.00. The lowest BCUT2D eigenvalue weighted by Crippen LogP contribution is -2.13. The number of nitrogens with zero attached hydrogens (tertiary/aromatic N) is 4. The van der Waals surface area contributed by atoms with Crippen molar-refractivity contribution < 1.29 is 13.2 Å². The molecule has 0 amide bonds. The maximum Gasteiger partial charge on any atom is 0.245 e. The van der Waals surface area contributed by atoms with E-state index in [2.05, 4.69) is 15.0 Å². The second-order valence-electron chi connectivity index (χ2n) is 4.00. The van der Waals surface area contributed by atoms with E-state index < -0.39 is 9.84 Å². The highest BCUT2D eigenvalue weighted by Crippen LogP contribution is 2.22. The molecule has 9 heteroatoms. The van der Waals surface area contributed by atoms with Gasteiger partial charge in [0.1, 0.15) is 22.0 Å². The van der Waals surface area contributed by atoms with Crippen molar-refractivity contribution in [2.75, 3.05) is 19.1 Å². The number of halogens is 1. The third-order valence-corrected chi connectivity index (χ3v) is 3.74. The number of hydrogen-bond acceptors (Lipinski definition) is 6. The van der Waals surface area contributed by atoms with Gasteiger partial charge in [-0.15, -0.1) is 11.6 Å². The standard InChI is InChI=1S/C10H13ClN4O3S/c1-18-10-8-9(12-6-13-10)15(7(5-11)14-8)3-4-19(2,16)17/h6H,3-5H2,1-2H3. The molecule has 0 aromatic carbocycles. The molecular formula is C10H13ClN4O3S. The average molecular weight is 305 g/mol. The molecule has 2 rings (SSSR count). The zero-order valence-electron chi connectivity index (χ0n) is 10.5. The molecule has 0 saturated carbocycles. The van der Waals surface area contributed by atoms with Crippen LogP contribution in [0.5, 0.6) is 5.88 Å². The molecule has 104 valence electrons. The van der Waals surface area contributed by atoms with E-state index in [1.165, 1.54) is 19.7 Å². The van der Waals surface area contributed by atoms with E-state index in [0.29, 0.717) is 22.9 Å². The van der Waals surface area contributed by atoms with Crippen LogP contribution in [-0.2, 0) is 22.3 Å². The van der Waals surface area contributed by atoms with Crippen LogP contribution in [0.15, 0.2) is 6.33 Å². The summed E-state index contributed by atoms with van der Waals surface area (Å²) in [6.07, 6.45) is 2.53. The first-order valence-corrected chi connectivity index (χ1v) is 8.03. The van der Waals surface area contributed by atoms with Gasteiger partial charge in [0, 0.05) is 12.8 Å². The maximum absolute atomic E-state index is 11.3. The van der Waals surface area contributed by atoms with E-state index in [1.807, 2.05) is 0 Å². The van der Waals surface area contributed by atoms with Gasteiger partial charge in [-0.3, -0.25) is 0 Å². The molecule has 2 aromatic heterocycles. The van der Waals surface area contributed by atoms with Crippen LogP contribution in [0, 0.1) is 0 Å². The zero-order valence-corrected chi connectivity index (χ0v) is 12.1. The summed E-state index contributed by atoms with van der Waals surface area (Å²) in [6, 6.07) is 0. The molecule has 19 heavy (non-hydrogen) atoms. The Bertz CT molecular complexity index is 698. The van der Waals surface area contributed by atoms with Crippen molar-refractivity contribution in [2.45, 2.75) is 12.4 Å². The number of imidazole rings is 1. The molecule has 0 saturated heterocycles. The van der Waals surface area contributed by atoms with Gasteiger partial charge in [0.05, 0.1) is 18.7 Å². The Morgan fingerprint density at radius 3 is 2.74 bits per heavy atom. The Balaban J connectivity index is 2.52. The van der Waals surface area contributed by atoms with Crippen molar-refractivity contribution in [3.63, 3.8) is 0 Å². The third-order valence-electron chi connectivity index (χ3n) is 2.58. The minimum Gasteiger partial charge on any atom is -0.479 e.